The number of carbonyl (C=O) groups is 1. The van der Waals surface area contributed by atoms with Crippen molar-refractivity contribution in [1.29, 1.82) is 0 Å². The topological polar surface area (TPSA) is 77.8 Å². The van der Waals surface area contributed by atoms with E-state index in [9.17, 15) is 9.90 Å². The van der Waals surface area contributed by atoms with E-state index in [1.807, 2.05) is 0 Å². The van der Waals surface area contributed by atoms with Gasteiger partial charge in [0.15, 0.2) is 17.3 Å². The molecule has 2 aromatic rings. The lowest BCUT2D eigenvalue weighted by atomic mass is 10.1. The van der Waals surface area contributed by atoms with Crippen LogP contribution in [0.3, 0.4) is 0 Å². The first-order valence-corrected chi connectivity index (χ1v) is 5.60. The lowest BCUT2D eigenvalue weighted by molar-refractivity contribution is 0.104. The van der Waals surface area contributed by atoms with Crippen molar-refractivity contribution >= 4 is 11.9 Å². The number of rotatable bonds is 3. The summed E-state index contributed by atoms with van der Waals surface area (Å²) in [4.78, 5) is 11.8. The number of phenolic OH excluding ortho intramolecular Hbond substituents is 3. The fourth-order valence-electron chi connectivity index (χ4n) is 1.53. The van der Waals surface area contributed by atoms with Crippen molar-refractivity contribution in [1.82, 2.24) is 0 Å². The van der Waals surface area contributed by atoms with Gasteiger partial charge in [-0.05, 0) is 42.0 Å². The Morgan fingerprint density at radius 1 is 0.895 bits per heavy atom. The smallest absolute Gasteiger partial charge is 0.185 e. The molecule has 19 heavy (non-hydrogen) atoms. The van der Waals surface area contributed by atoms with E-state index in [0.29, 0.717) is 0 Å². The summed E-state index contributed by atoms with van der Waals surface area (Å²) in [5, 5.41) is 27.6. The molecule has 3 N–H and O–H groups in total. The second kappa shape index (κ2) is 5.27. The number of carbonyl (C=O) groups excluding carboxylic acids is 1. The maximum absolute atomic E-state index is 11.8. The summed E-state index contributed by atoms with van der Waals surface area (Å²) in [5.41, 5.74) is 1.06. The highest BCUT2D eigenvalue weighted by Gasteiger charge is 2.05. The minimum Gasteiger partial charge on any atom is -0.508 e. The van der Waals surface area contributed by atoms with Crippen LogP contribution in [-0.2, 0) is 0 Å². The molecular weight excluding hydrogens is 244 g/mol. The van der Waals surface area contributed by atoms with Gasteiger partial charge in [-0.15, -0.1) is 0 Å². The number of hydrogen-bond donors (Lipinski definition) is 3. The standard InChI is InChI=1S/C15H12O4/c16-12-5-1-10(2-6-12)3-7-13(17)11-4-8-14(18)15(19)9-11/h1-9,16,18-19H. The molecule has 0 heterocycles. The van der Waals surface area contributed by atoms with Crippen LogP contribution in [0.25, 0.3) is 6.08 Å². The monoisotopic (exact) mass is 256 g/mol. The van der Waals surface area contributed by atoms with E-state index in [-0.39, 0.29) is 28.6 Å². The van der Waals surface area contributed by atoms with Gasteiger partial charge in [0.05, 0.1) is 0 Å². The summed E-state index contributed by atoms with van der Waals surface area (Å²) in [5.74, 6) is -0.724. The van der Waals surface area contributed by atoms with Crippen LogP contribution in [-0.4, -0.2) is 21.1 Å². The molecule has 0 aliphatic carbocycles. The second-order valence-electron chi connectivity index (χ2n) is 3.99. The Labute approximate surface area is 109 Å². The van der Waals surface area contributed by atoms with Crippen molar-refractivity contribution in [3.05, 3.63) is 59.7 Å². The Morgan fingerprint density at radius 2 is 1.58 bits per heavy atom. The van der Waals surface area contributed by atoms with Crippen LogP contribution >= 0.6 is 0 Å². The largest absolute Gasteiger partial charge is 0.508 e. The number of benzene rings is 2. The van der Waals surface area contributed by atoms with E-state index in [2.05, 4.69) is 0 Å². The van der Waals surface area contributed by atoms with E-state index in [1.165, 1.54) is 36.4 Å². The van der Waals surface area contributed by atoms with Crippen molar-refractivity contribution in [2.24, 2.45) is 0 Å². The Morgan fingerprint density at radius 3 is 2.21 bits per heavy atom. The number of allylic oxidation sites excluding steroid dienone is 1. The third kappa shape index (κ3) is 3.13. The maximum atomic E-state index is 11.8. The summed E-state index contributed by atoms with van der Waals surface area (Å²) >= 11 is 0. The predicted octanol–water partition coefficient (Wildman–Crippen LogP) is 2.70. The van der Waals surface area contributed by atoms with Crippen molar-refractivity contribution in [2.45, 2.75) is 0 Å². The van der Waals surface area contributed by atoms with Gasteiger partial charge >= 0.3 is 0 Å². The van der Waals surface area contributed by atoms with Gasteiger partial charge in [-0.1, -0.05) is 18.2 Å². The molecule has 4 nitrogen and oxygen atoms in total. The van der Waals surface area contributed by atoms with Crippen LogP contribution < -0.4 is 0 Å². The third-order valence-electron chi connectivity index (χ3n) is 2.58. The molecule has 96 valence electrons. The van der Waals surface area contributed by atoms with Crippen LogP contribution in [0.4, 0.5) is 0 Å². The highest BCUT2D eigenvalue weighted by Crippen LogP contribution is 2.25. The van der Waals surface area contributed by atoms with Crippen molar-refractivity contribution < 1.29 is 20.1 Å². The van der Waals surface area contributed by atoms with Crippen LogP contribution in [0.5, 0.6) is 17.2 Å². The molecule has 0 spiro atoms. The molecular formula is C15H12O4. The van der Waals surface area contributed by atoms with E-state index in [1.54, 1.807) is 18.2 Å². The zero-order valence-corrected chi connectivity index (χ0v) is 9.95. The van der Waals surface area contributed by atoms with E-state index < -0.39 is 0 Å². The molecule has 0 radical (unpaired) electrons. The van der Waals surface area contributed by atoms with Gasteiger partial charge in [-0.2, -0.15) is 0 Å². The highest BCUT2D eigenvalue weighted by atomic mass is 16.3. The lowest BCUT2D eigenvalue weighted by Gasteiger charge is -2.00. The van der Waals surface area contributed by atoms with E-state index in [0.717, 1.165) is 5.56 Å². The Bertz CT molecular complexity index is 627. The fourth-order valence-corrected chi connectivity index (χ4v) is 1.53. The van der Waals surface area contributed by atoms with Crippen LogP contribution in [0.15, 0.2) is 48.5 Å². The fraction of sp³-hybridized carbons (Fsp3) is 0. The van der Waals surface area contributed by atoms with Crippen LogP contribution in [0.2, 0.25) is 0 Å². The zero-order valence-electron chi connectivity index (χ0n) is 9.95. The molecule has 0 unspecified atom stereocenters. The Balaban J connectivity index is 2.16. The molecule has 0 bridgehead atoms. The minimum absolute atomic E-state index is 0.159. The number of hydrogen-bond acceptors (Lipinski definition) is 4. The number of ketones is 1. The Hall–Kier alpha value is -2.75. The molecule has 0 atom stereocenters. The van der Waals surface area contributed by atoms with E-state index in [4.69, 9.17) is 10.2 Å². The van der Waals surface area contributed by atoms with Gasteiger partial charge in [0.1, 0.15) is 5.75 Å². The second-order valence-corrected chi connectivity index (χ2v) is 3.99. The zero-order chi connectivity index (χ0) is 13.8. The normalized spacial score (nSPS) is 10.7. The van der Waals surface area contributed by atoms with Crippen LogP contribution in [0.1, 0.15) is 15.9 Å². The number of phenols is 3. The average Bonchev–Trinajstić information content (AvgIpc) is 2.41. The lowest BCUT2D eigenvalue weighted by Crippen LogP contribution is -1.93. The van der Waals surface area contributed by atoms with Crippen molar-refractivity contribution in [2.75, 3.05) is 0 Å². The first-order valence-electron chi connectivity index (χ1n) is 5.60. The molecule has 0 aliphatic heterocycles. The molecule has 0 saturated carbocycles. The van der Waals surface area contributed by atoms with Gasteiger partial charge in [0, 0.05) is 5.56 Å². The summed E-state index contributed by atoms with van der Waals surface area (Å²) in [6.07, 6.45) is 2.96. The molecule has 0 fully saturated rings. The van der Waals surface area contributed by atoms with Crippen molar-refractivity contribution in [3.63, 3.8) is 0 Å². The quantitative estimate of drug-likeness (QED) is 0.448. The summed E-state index contributed by atoms with van der Waals surface area (Å²) in [7, 11) is 0. The molecule has 0 aromatic heterocycles. The van der Waals surface area contributed by atoms with E-state index >= 15 is 0 Å². The van der Waals surface area contributed by atoms with Gasteiger partial charge in [0.25, 0.3) is 0 Å². The minimum atomic E-state index is -0.330. The van der Waals surface area contributed by atoms with Gasteiger partial charge in [0.2, 0.25) is 0 Å². The average molecular weight is 256 g/mol. The summed E-state index contributed by atoms with van der Waals surface area (Å²) < 4.78 is 0. The van der Waals surface area contributed by atoms with Gasteiger partial charge in [-0.25, -0.2) is 0 Å². The molecule has 2 aromatic carbocycles. The van der Waals surface area contributed by atoms with Crippen LogP contribution in [0, 0.1) is 0 Å². The highest BCUT2D eigenvalue weighted by molar-refractivity contribution is 6.07. The van der Waals surface area contributed by atoms with Gasteiger partial charge in [-0.3, -0.25) is 4.79 Å². The van der Waals surface area contributed by atoms with Gasteiger partial charge < -0.3 is 15.3 Å². The molecule has 0 amide bonds. The molecule has 0 aliphatic rings. The Kier molecular flexibility index (Phi) is 3.52. The molecule has 0 saturated heterocycles. The molecule has 2 rings (SSSR count). The van der Waals surface area contributed by atoms with Crippen molar-refractivity contribution in [3.8, 4) is 17.2 Å². The predicted molar refractivity (Wildman–Crippen MR) is 71.2 cm³/mol. The summed E-state index contributed by atoms with van der Waals surface area (Å²) in [6, 6.07) is 10.3. The molecule has 4 heteroatoms. The SMILES string of the molecule is O=C(C=Cc1ccc(O)cc1)c1ccc(O)c(O)c1. The first kappa shape index (κ1) is 12.7. The number of aromatic hydroxyl groups is 3. The first-order chi connectivity index (χ1) is 9.06. The summed E-state index contributed by atoms with van der Waals surface area (Å²) in [6.45, 7) is 0. The maximum Gasteiger partial charge on any atom is 0.185 e. The third-order valence-corrected chi connectivity index (χ3v) is 2.58.